The maximum absolute atomic E-state index is 11.9. The summed E-state index contributed by atoms with van der Waals surface area (Å²) in [5.74, 6) is 0.848. The Kier molecular flexibility index (Phi) is 2.47. The molecule has 6 heteroatoms. The topological polar surface area (TPSA) is 83.8 Å². The van der Waals surface area contributed by atoms with Crippen molar-refractivity contribution in [2.45, 2.75) is 20.8 Å². The van der Waals surface area contributed by atoms with E-state index in [-0.39, 0.29) is 5.91 Å². The van der Waals surface area contributed by atoms with Gasteiger partial charge < -0.3 is 9.84 Å². The first-order valence-corrected chi connectivity index (χ1v) is 4.83. The van der Waals surface area contributed by atoms with Crippen LogP contribution in [-0.4, -0.2) is 21.3 Å². The fourth-order valence-corrected chi connectivity index (χ4v) is 1.46. The number of aromatic amines is 1. The molecule has 2 aromatic heterocycles. The van der Waals surface area contributed by atoms with Crippen LogP contribution in [0.2, 0.25) is 0 Å². The number of amides is 1. The van der Waals surface area contributed by atoms with E-state index in [4.69, 9.17) is 4.52 Å². The van der Waals surface area contributed by atoms with E-state index in [9.17, 15) is 4.79 Å². The lowest BCUT2D eigenvalue weighted by Gasteiger charge is -2.02. The molecule has 0 aromatic carbocycles. The van der Waals surface area contributed by atoms with Crippen molar-refractivity contribution >= 4 is 11.7 Å². The fourth-order valence-electron chi connectivity index (χ4n) is 1.46. The van der Waals surface area contributed by atoms with Gasteiger partial charge >= 0.3 is 0 Å². The highest BCUT2D eigenvalue weighted by Gasteiger charge is 2.18. The summed E-state index contributed by atoms with van der Waals surface area (Å²) < 4.78 is 4.93. The van der Waals surface area contributed by atoms with Gasteiger partial charge in [-0.1, -0.05) is 5.16 Å². The third kappa shape index (κ3) is 1.69. The van der Waals surface area contributed by atoms with E-state index in [0.717, 1.165) is 5.56 Å². The van der Waals surface area contributed by atoms with E-state index in [1.54, 1.807) is 20.0 Å². The normalized spacial score (nSPS) is 10.4. The summed E-state index contributed by atoms with van der Waals surface area (Å²) in [6.07, 6.45) is 1.64. The van der Waals surface area contributed by atoms with Gasteiger partial charge in [-0.2, -0.15) is 5.10 Å². The molecule has 1 amide bonds. The maximum atomic E-state index is 11.9. The molecule has 2 rings (SSSR count). The molecule has 0 aliphatic rings. The van der Waals surface area contributed by atoms with Crippen LogP contribution < -0.4 is 5.32 Å². The molecule has 0 fully saturated rings. The first-order chi connectivity index (χ1) is 7.59. The van der Waals surface area contributed by atoms with Gasteiger partial charge in [0.25, 0.3) is 5.91 Å². The lowest BCUT2D eigenvalue weighted by Crippen LogP contribution is -2.14. The molecule has 0 radical (unpaired) electrons. The lowest BCUT2D eigenvalue weighted by molar-refractivity contribution is 0.102. The van der Waals surface area contributed by atoms with Crippen LogP contribution in [0.3, 0.4) is 0 Å². The van der Waals surface area contributed by atoms with Gasteiger partial charge in [-0.3, -0.25) is 9.89 Å². The van der Waals surface area contributed by atoms with Gasteiger partial charge in [-0.25, -0.2) is 0 Å². The molecule has 0 aliphatic carbocycles. The van der Waals surface area contributed by atoms with Crippen LogP contribution in [0.15, 0.2) is 10.7 Å². The highest BCUT2D eigenvalue weighted by Crippen LogP contribution is 2.15. The zero-order chi connectivity index (χ0) is 11.7. The van der Waals surface area contributed by atoms with Crippen LogP contribution in [0.5, 0.6) is 0 Å². The summed E-state index contributed by atoms with van der Waals surface area (Å²) in [4.78, 5) is 11.9. The second kappa shape index (κ2) is 3.80. The minimum atomic E-state index is -0.247. The van der Waals surface area contributed by atoms with Gasteiger partial charge in [0.05, 0.1) is 11.9 Å². The zero-order valence-electron chi connectivity index (χ0n) is 9.29. The van der Waals surface area contributed by atoms with Crippen molar-refractivity contribution < 1.29 is 9.32 Å². The smallest absolute Gasteiger partial charge is 0.262 e. The monoisotopic (exact) mass is 220 g/mol. The molecule has 0 saturated carbocycles. The molecule has 2 aromatic rings. The molecule has 0 aliphatic heterocycles. The van der Waals surface area contributed by atoms with Crippen LogP contribution in [0.1, 0.15) is 27.4 Å². The molecule has 0 saturated heterocycles. The Bertz CT molecular complexity index is 507. The average Bonchev–Trinajstić information content (AvgIpc) is 2.75. The number of hydrogen-bond acceptors (Lipinski definition) is 4. The Morgan fingerprint density at radius 2 is 2.19 bits per heavy atom. The number of aromatic nitrogens is 3. The van der Waals surface area contributed by atoms with Crippen LogP contribution in [-0.2, 0) is 0 Å². The van der Waals surface area contributed by atoms with Crippen molar-refractivity contribution in [1.82, 2.24) is 15.4 Å². The fraction of sp³-hybridized carbons (Fsp3) is 0.300. The minimum Gasteiger partial charge on any atom is -0.361 e. The number of aryl methyl sites for hydroxylation is 3. The third-order valence-corrected chi connectivity index (χ3v) is 2.33. The van der Waals surface area contributed by atoms with Crippen LogP contribution in [0.25, 0.3) is 0 Å². The third-order valence-electron chi connectivity index (χ3n) is 2.33. The molecule has 16 heavy (non-hydrogen) atoms. The Hall–Kier alpha value is -2.11. The summed E-state index contributed by atoms with van der Waals surface area (Å²) in [7, 11) is 0. The Balaban J connectivity index is 2.25. The molecule has 2 heterocycles. The van der Waals surface area contributed by atoms with Gasteiger partial charge in [-0.15, -0.1) is 0 Å². The predicted molar refractivity (Wildman–Crippen MR) is 57.3 cm³/mol. The van der Waals surface area contributed by atoms with Crippen LogP contribution >= 0.6 is 0 Å². The van der Waals surface area contributed by atoms with Crippen molar-refractivity contribution in [3.63, 3.8) is 0 Å². The number of H-pyrrole nitrogens is 1. The van der Waals surface area contributed by atoms with Crippen molar-refractivity contribution in [2.24, 2.45) is 0 Å². The Morgan fingerprint density at radius 3 is 2.69 bits per heavy atom. The van der Waals surface area contributed by atoms with Gasteiger partial charge in [0, 0.05) is 5.56 Å². The molecule has 84 valence electrons. The summed E-state index contributed by atoms with van der Waals surface area (Å²) in [5.41, 5.74) is 1.92. The van der Waals surface area contributed by atoms with E-state index >= 15 is 0 Å². The second-order valence-corrected chi connectivity index (χ2v) is 3.58. The number of hydrogen-bond donors (Lipinski definition) is 2. The number of anilines is 1. The van der Waals surface area contributed by atoms with Crippen molar-refractivity contribution in [3.8, 4) is 0 Å². The summed E-state index contributed by atoms with van der Waals surface area (Å²) in [5, 5.41) is 13.0. The summed E-state index contributed by atoms with van der Waals surface area (Å²) in [6, 6.07) is 0. The molecule has 0 atom stereocenters. The van der Waals surface area contributed by atoms with E-state index in [2.05, 4.69) is 20.7 Å². The van der Waals surface area contributed by atoms with Gasteiger partial charge in [0.2, 0.25) is 0 Å². The molecular formula is C10H12N4O2. The van der Waals surface area contributed by atoms with Crippen LogP contribution in [0, 0.1) is 20.8 Å². The molecule has 0 spiro atoms. The number of carbonyl (C=O) groups is 1. The first kappa shape index (κ1) is 10.4. The van der Waals surface area contributed by atoms with E-state index in [1.165, 1.54) is 0 Å². The molecule has 6 nitrogen and oxygen atoms in total. The van der Waals surface area contributed by atoms with Gasteiger partial charge in [0.1, 0.15) is 17.1 Å². The first-order valence-electron chi connectivity index (χ1n) is 4.83. The van der Waals surface area contributed by atoms with E-state index in [1.807, 2.05) is 6.92 Å². The number of carbonyl (C=O) groups excluding carboxylic acids is 1. The minimum absolute atomic E-state index is 0.247. The maximum Gasteiger partial charge on any atom is 0.262 e. The largest absolute Gasteiger partial charge is 0.361 e. The predicted octanol–water partition coefficient (Wildman–Crippen LogP) is 1.58. The van der Waals surface area contributed by atoms with E-state index < -0.39 is 0 Å². The number of nitrogens with zero attached hydrogens (tertiary/aromatic N) is 2. The molecule has 2 N–H and O–H groups in total. The lowest BCUT2D eigenvalue weighted by atomic mass is 10.2. The van der Waals surface area contributed by atoms with E-state index in [0.29, 0.717) is 22.8 Å². The van der Waals surface area contributed by atoms with Crippen molar-refractivity contribution in [1.29, 1.82) is 0 Å². The van der Waals surface area contributed by atoms with Crippen molar-refractivity contribution in [3.05, 3.63) is 28.8 Å². The molecule has 0 unspecified atom stereocenters. The SMILES string of the molecule is Cc1cn[nH]c1NC(=O)c1c(C)noc1C. The Labute approximate surface area is 92.0 Å². The number of rotatable bonds is 2. The summed E-state index contributed by atoms with van der Waals surface area (Å²) in [6.45, 7) is 5.28. The Morgan fingerprint density at radius 1 is 1.44 bits per heavy atom. The average molecular weight is 220 g/mol. The van der Waals surface area contributed by atoms with Crippen molar-refractivity contribution in [2.75, 3.05) is 5.32 Å². The quantitative estimate of drug-likeness (QED) is 0.804. The molecular weight excluding hydrogens is 208 g/mol. The highest BCUT2D eigenvalue weighted by atomic mass is 16.5. The molecule has 0 bridgehead atoms. The number of nitrogens with one attached hydrogen (secondary N) is 2. The highest BCUT2D eigenvalue weighted by molar-refractivity contribution is 6.05. The zero-order valence-corrected chi connectivity index (χ0v) is 9.29. The summed E-state index contributed by atoms with van der Waals surface area (Å²) >= 11 is 0. The second-order valence-electron chi connectivity index (χ2n) is 3.58. The standard InChI is InChI=1S/C10H12N4O2/c1-5-4-11-13-9(5)12-10(15)8-6(2)14-16-7(8)3/h4H,1-3H3,(H2,11,12,13,15). The van der Waals surface area contributed by atoms with Gasteiger partial charge in [-0.05, 0) is 20.8 Å². The van der Waals surface area contributed by atoms with Gasteiger partial charge in [0.15, 0.2) is 0 Å². The van der Waals surface area contributed by atoms with Crippen LogP contribution in [0.4, 0.5) is 5.82 Å².